The van der Waals surface area contributed by atoms with E-state index < -0.39 is 23.1 Å². The number of hydrogen-bond donors (Lipinski definition) is 1. The zero-order chi connectivity index (χ0) is 10.7. The highest BCUT2D eigenvalue weighted by atomic mass is 19.2. The van der Waals surface area contributed by atoms with Crippen LogP contribution >= 0.6 is 0 Å². The van der Waals surface area contributed by atoms with E-state index in [1.165, 1.54) is 0 Å². The lowest BCUT2D eigenvalue weighted by atomic mass is 10.3. The molecule has 76 valence electrons. The Morgan fingerprint density at radius 3 is 2.57 bits per heavy atom. The average molecular weight is 202 g/mol. The number of hydrogen-bond acceptors (Lipinski definition) is 1. The Bertz CT molecular complexity index is 375. The molecule has 0 aliphatic carbocycles. The fraction of sp³-hybridized carbons (Fsp3) is 0.222. The van der Waals surface area contributed by atoms with Crippen molar-refractivity contribution in [3.8, 4) is 0 Å². The fourth-order valence-electron chi connectivity index (χ4n) is 0.858. The Labute approximate surface area is 79.3 Å². The van der Waals surface area contributed by atoms with Gasteiger partial charge in [-0.25, -0.2) is 18.2 Å². The Kier molecular flexibility index (Phi) is 3.11. The molecule has 1 aromatic rings. The Morgan fingerprint density at radius 2 is 2.00 bits per heavy atom. The summed E-state index contributed by atoms with van der Waals surface area (Å²) in [6.45, 7) is 1.70. The molecule has 0 radical (unpaired) electrons. The van der Waals surface area contributed by atoms with Crippen molar-refractivity contribution in [1.29, 1.82) is 0 Å². The summed E-state index contributed by atoms with van der Waals surface area (Å²) < 4.78 is 38.3. The summed E-state index contributed by atoms with van der Waals surface area (Å²) in [5, 5.41) is 0. The third kappa shape index (κ3) is 2.25. The zero-order valence-corrected chi connectivity index (χ0v) is 7.52. The van der Waals surface area contributed by atoms with Crippen LogP contribution in [0.5, 0.6) is 0 Å². The lowest BCUT2D eigenvalue weighted by molar-refractivity contribution is 0.497. The average Bonchev–Trinajstić information content (AvgIpc) is 2.13. The molecule has 0 saturated heterocycles. The first-order chi connectivity index (χ1) is 6.54. The highest BCUT2D eigenvalue weighted by Crippen LogP contribution is 2.21. The summed E-state index contributed by atoms with van der Waals surface area (Å²) in [6, 6.07) is 1.25. The largest absolute Gasteiger partial charge is 0.387 e. The lowest BCUT2D eigenvalue weighted by Gasteiger charge is -2.00. The molecule has 5 heteroatoms. The molecule has 0 bridgehead atoms. The number of nitrogens with zero attached hydrogens (tertiary/aromatic N) is 1. The van der Waals surface area contributed by atoms with Crippen molar-refractivity contribution in [1.82, 2.24) is 0 Å². The van der Waals surface area contributed by atoms with Gasteiger partial charge < -0.3 is 5.73 Å². The number of halogens is 3. The van der Waals surface area contributed by atoms with Gasteiger partial charge in [-0.2, -0.15) is 0 Å². The maximum absolute atomic E-state index is 13.0. The first-order valence-corrected chi connectivity index (χ1v) is 4.02. The third-order valence-electron chi connectivity index (χ3n) is 1.60. The van der Waals surface area contributed by atoms with Crippen LogP contribution in [-0.2, 0) is 0 Å². The zero-order valence-electron chi connectivity index (χ0n) is 7.52. The van der Waals surface area contributed by atoms with Crippen LogP contribution in [0.15, 0.2) is 17.1 Å². The molecule has 0 atom stereocenters. The van der Waals surface area contributed by atoms with Gasteiger partial charge in [-0.3, -0.25) is 0 Å². The third-order valence-corrected chi connectivity index (χ3v) is 1.60. The highest BCUT2D eigenvalue weighted by Gasteiger charge is 2.10. The van der Waals surface area contributed by atoms with Crippen LogP contribution in [0.25, 0.3) is 0 Å². The van der Waals surface area contributed by atoms with Gasteiger partial charge in [0.15, 0.2) is 11.6 Å². The predicted molar refractivity (Wildman–Crippen MR) is 47.9 cm³/mol. The van der Waals surface area contributed by atoms with Crippen LogP contribution < -0.4 is 5.73 Å². The number of nitrogens with two attached hydrogens (primary N) is 1. The van der Waals surface area contributed by atoms with Crippen LogP contribution in [0.1, 0.15) is 13.3 Å². The highest BCUT2D eigenvalue weighted by molar-refractivity contribution is 5.82. The minimum absolute atomic E-state index is 0.119. The summed E-state index contributed by atoms with van der Waals surface area (Å²) >= 11 is 0. The van der Waals surface area contributed by atoms with Gasteiger partial charge in [-0.05, 0) is 0 Å². The maximum Gasteiger partial charge on any atom is 0.184 e. The van der Waals surface area contributed by atoms with Gasteiger partial charge in [0.2, 0.25) is 0 Å². The van der Waals surface area contributed by atoms with E-state index in [9.17, 15) is 13.2 Å². The van der Waals surface area contributed by atoms with Gasteiger partial charge >= 0.3 is 0 Å². The summed E-state index contributed by atoms with van der Waals surface area (Å²) in [5.74, 6) is -3.23. The van der Waals surface area contributed by atoms with Gasteiger partial charge in [-0.1, -0.05) is 6.92 Å². The smallest absolute Gasteiger partial charge is 0.184 e. The Balaban J connectivity index is 3.21. The molecule has 0 aromatic heterocycles. The molecule has 0 heterocycles. The molecule has 0 aliphatic rings. The Hall–Kier alpha value is -1.52. The SMILES string of the molecule is CCC(N)=Nc1cc(F)cc(F)c1F. The van der Waals surface area contributed by atoms with Gasteiger partial charge in [0.1, 0.15) is 11.5 Å². The second-order valence-electron chi connectivity index (χ2n) is 2.68. The summed E-state index contributed by atoms with van der Waals surface area (Å²) in [5.41, 5.74) is 4.90. The molecule has 0 saturated carbocycles. The molecule has 0 aliphatic heterocycles. The van der Waals surface area contributed by atoms with E-state index >= 15 is 0 Å². The molecule has 0 spiro atoms. The molecule has 2 N–H and O–H groups in total. The second-order valence-corrected chi connectivity index (χ2v) is 2.68. The number of benzene rings is 1. The van der Waals surface area contributed by atoms with E-state index in [0.29, 0.717) is 12.5 Å². The van der Waals surface area contributed by atoms with E-state index in [-0.39, 0.29) is 5.84 Å². The van der Waals surface area contributed by atoms with E-state index in [2.05, 4.69) is 4.99 Å². The van der Waals surface area contributed by atoms with E-state index in [1.54, 1.807) is 6.92 Å². The van der Waals surface area contributed by atoms with Crippen molar-refractivity contribution >= 4 is 11.5 Å². The van der Waals surface area contributed by atoms with E-state index in [4.69, 9.17) is 5.73 Å². The number of aliphatic imine (C=N–C) groups is 1. The molecular formula is C9H9F3N2. The number of rotatable bonds is 2. The molecule has 1 rings (SSSR count). The van der Waals surface area contributed by atoms with Gasteiger partial charge in [0.25, 0.3) is 0 Å². The van der Waals surface area contributed by atoms with Crippen LogP contribution in [0.2, 0.25) is 0 Å². The lowest BCUT2D eigenvalue weighted by Crippen LogP contribution is -2.09. The van der Waals surface area contributed by atoms with Crippen molar-refractivity contribution in [3.63, 3.8) is 0 Å². The molecule has 0 unspecified atom stereocenters. The normalized spacial score (nSPS) is 11.9. The van der Waals surface area contributed by atoms with Crippen LogP contribution in [0, 0.1) is 17.5 Å². The summed E-state index contributed by atoms with van der Waals surface area (Å²) in [7, 11) is 0. The van der Waals surface area contributed by atoms with Crippen molar-refractivity contribution in [2.24, 2.45) is 10.7 Å². The van der Waals surface area contributed by atoms with Crippen molar-refractivity contribution in [2.75, 3.05) is 0 Å². The maximum atomic E-state index is 13.0. The van der Waals surface area contributed by atoms with Crippen LogP contribution in [0.4, 0.5) is 18.9 Å². The van der Waals surface area contributed by atoms with Gasteiger partial charge in [0, 0.05) is 18.6 Å². The molecule has 0 fully saturated rings. The second kappa shape index (κ2) is 4.13. The first-order valence-electron chi connectivity index (χ1n) is 4.02. The van der Waals surface area contributed by atoms with Gasteiger partial charge in [-0.15, -0.1) is 0 Å². The first kappa shape index (κ1) is 10.6. The molecular weight excluding hydrogens is 193 g/mol. The topological polar surface area (TPSA) is 38.4 Å². The molecule has 1 aromatic carbocycles. The van der Waals surface area contributed by atoms with E-state index in [0.717, 1.165) is 6.07 Å². The molecule has 0 amide bonds. The summed E-state index contributed by atoms with van der Waals surface area (Å²) in [4.78, 5) is 3.54. The predicted octanol–water partition coefficient (Wildman–Crippen LogP) is 2.50. The van der Waals surface area contributed by atoms with Gasteiger partial charge in [0.05, 0.1) is 5.84 Å². The Morgan fingerprint density at radius 1 is 1.36 bits per heavy atom. The van der Waals surface area contributed by atoms with E-state index in [1.807, 2.05) is 0 Å². The minimum atomic E-state index is -1.27. The number of amidine groups is 1. The van der Waals surface area contributed by atoms with Crippen molar-refractivity contribution in [2.45, 2.75) is 13.3 Å². The molecule has 14 heavy (non-hydrogen) atoms. The standard InChI is InChI=1S/C9H9F3N2/c1-2-8(13)14-7-4-5(10)3-6(11)9(7)12/h3-4H,2H2,1H3,(H2,13,14). The van der Waals surface area contributed by atoms with Crippen molar-refractivity contribution < 1.29 is 13.2 Å². The van der Waals surface area contributed by atoms with Crippen LogP contribution in [0.3, 0.4) is 0 Å². The van der Waals surface area contributed by atoms with Crippen LogP contribution in [-0.4, -0.2) is 5.84 Å². The molecule has 2 nitrogen and oxygen atoms in total. The fourth-order valence-corrected chi connectivity index (χ4v) is 0.858. The minimum Gasteiger partial charge on any atom is -0.387 e. The monoisotopic (exact) mass is 202 g/mol. The van der Waals surface area contributed by atoms with Crippen molar-refractivity contribution in [3.05, 3.63) is 29.6 Å². The quantitative estimate of drug-likeness (QED) is 0.446. The summed E-state index contributed by atoms with van der Waals surface area (Å²) in [6.07, 6.45) is 0.386.